The minimum Gasteiger partial charge on any atom is -0.457 e. The van der Waals surface area contributed by atoms with Crippen LogP contribution in [-0.4, -0.2) is 27.9 Å². The number of carbonyl (C=O) groups is 2. The molecule has 0 spiro atoms. The maximum absolute atomic E-state index is 12.9. The van der Waals surface area contributed by atoms with Crippen LogP contribution in [0.4, 0.5) is 0 Å². The molecule has 0 saturated carbocycles. The molecule has 4 aromatic rings. The summed E-state index contributed by atoms with van der Waals surface area (Å²) in [5.41, 5.74) is 1.34. The highest BCUT2D eigenvalue weighted by molar-refractivity contribution is 6.30. The van der Waals surface area contributed by atoms with Crippen LogP contribution in [0.3, 0.4) is 0 Å². The number of imidazole rings is 1. The Morgan fingerprint density at radius 2 is 1.91 bits per heavy atom. The Labute approximate surface area is 202 Å². The van der Waals surface area contributed by atoms with Crippen molar-refractivity contribution in [2.75, 3.05) is 6.54 Å². The molecule has 0 fully saturated rings. The lowest BCUT2D eigenvalue weighted by Gasteiger charge is -2.11. The van der Waals surface area contributed by atoms with E-state index in [2.05, 4.69) is 15.6 Å². The molecule has 2 amide bonds. The first kappa shape index (κ1) is 23.1. The second-order valence-corrected chi connectivity index (χ2v) is 7.94. The van der Waals surface area contributed by atoms with Gasteiger partial charge < -0.3 is 19.6 Å². The second-order valence-electron chi connectivity index (χ2n) is 7.50. The van der Waals surface area contributed by atoms with Crippen LogP contribution in [0.25, 0.3) is 17.4 Å². The topological polar surface area (TPSA) is 89.2 Å². The Morgan fingerprint density at radius 3 is 2.68 bits per heavy atom. The Morgan fingerprint density at radius 1 is 1.06 bits per heavy atom. The number of aromatic nitrogens is 2. The predicted octanol–water partition coefficient (Wildman–Crippen LogP) is 4.77. The van der Waals surface area contributed by atoms with Gasteiger partial charge in [0.15, 0.2) is 0 Å². The maximum Gasteiger partial charge on any atom is 0.267 e. The van der Waals surface area contributed by atoms with Gasteiger partial charge in [-0.15, -0.1) is 0 Å². The third-order valence-corrected chi connectivity index (χ3v) is 5.22. The van der Waals surface area contributed by atoms with E-state index >= 15 is 0 Å². The molecular weight excluding hydrogens is 452 g/mol. The Bertz CT molecular complexity index is 1280. The summed E-state index contributed by atoms with van der Waals surface area (Å²) in [7, 11) is 0. The van der Waals surface area contributed by atoms with Gasteiger partial charge in [-0.05, 0) is 42.8 Å². The number of nitrogens with one attached hydrogen (secondary N) is 2. The first-order valence-corrected chi connectivity index (χ1v) is 11.1. The van der Waals surface area contributed by atoms with E-state index in [9.17, 15) is 9.59 Å². The molecule has 0 aliphatic heterocycles. The largest absolute Gasteiger partial charge is 0.457 e. The SMILES string of the molecule is O=C(NCCCn1ccnc1)/C(=C/c1ccc(-c2cccc(Cl)c2)o1)NC(=O)c1ccccc1. The minimum absolute atomic E-state index is 0.0866. The number of furan rings is 1. The van der Waals surface area contributed by atoms with Crippen molar-refractivity contribution in [1.29, 1.82) is 0 Å². The monoisotopic (exact) mass is 474 g/mol. The van der Waals surface area contributed by atoms with E-state index in [-0.39, 0.29) is 11.6 Å². The second kappa shape index (κ2) is 11.2. The molecule has 0 radical (unpaired) electrons. The van der Waals surface area contributed by atoms with Crippen molar-refractivity contribution in [3.8, 4) is 11.3 Å². The molecule has 2 aromatic carbocycles. The van der Waals surface area contributed by atoms with Gasteiger partial charge in [0.05, 0.1) is 6.33 Å². The third kappa shape index (κ3) is 6.24. The lowest BCUT2D eigenvalue weighted by molar-refractivity contribution is -0.117. The summed E-state index contributed by atoms with van der Waals surface area (Å²) in [6.45, 7) is 1.15. The fourth-order valence-electron chi connectivity index (χ4n) is 3.29. The molecular formula is C26H23ClN4O3. The molecule has 0 bridgehead atoms. The van der Waals surface area contributed by atoms with Gasteiger partial charge in [-0.1, -0.05) is 41.9 Å². The van der Waals surface area contributed by atoms with Crippen LogP contribution in [0.5, 0.6) is 0 Å². The van der Waals surface area contributed by atoms with E-state index in [1.165, 1.54) is 6.08 Å². The van der Waals surface area contributed by atoms with E-state index < -0.39 is 5.91 Å². The Hall–Kier alpha value is -4.10. The molecule has 0 aliphatic rings. The summed E-state index contributed by atoms with van der Waals surface area (Å²) >= 11 is 6.08. The van der Waals surface area contributed by atoms with Crippen molar-refractivity contribution >= 4 is 29.5 Å². The molecule has 0 atom stereocenters. The summed E-state index contributed by atoms with van der Waals surface area (Å²) in [6, 6.07) is 19.5. The van der Waals surface area contributed by atoms with Gasteiger partial charge in [-0.25, -0.2) is 4.98 Å². The number of halogens is 1. The van der Waals surface area contributed by atoms with Gasteiger partial charge in [0.25, 0.3) is 11.8 Å². The van der Waals surface area contributed by atoms with E-state index in [1.54, 1.807) is 61.1 Å². The number of hydrogen-bond donors (Lipinski definition) is 2. The molecule has 0 saturated heterocycles. The normalized spacial score (nSPS) is 11.3. The van der Waals surface area contributed by atoms with Crippen LogP contribution >= 0.6 is 11.6 Å². The van der Waals surface area contributed by atoms with Crippen molar-refractivity contribution in [2.24, 2.45) is 0 Å². The quantitative estimate of drug-likeness (QED) is 0.270. The number of aryl methyl sites for hydroxylation is 1. The zero-order valence-corrected chi connectivity index (χ0v) is 19.0. The molecule has 7 nitrogen and oxygen atoms in total. The van der Waals surface area contributed by atoms with Crippen molar-refractivity contribution in [3.05, 3.63) is 107 Å². The van der Waals surface area contributed by atoms with E-state index in [4.69, 9.17) is 16.0 Å². The third-order valence-electron chi connectivity index (χ3n) is 4.99. The average Bonchev–Trinajstić information content (AvgIpc) is 3.54. The van der Waals surface area contributed by atoms with E-state index in [0.29, 0.717) is 35.1 Å². The Balaban J connectivity index is 1.50. The summed E-state index contributed by atoms with van der Waals surface area (Å²) < 4.78 is 7.82. The van der Waals surface area contributed by atoms with Gasteiger partial charge in [0, 0.05) is 47.7 Å². The van der Waals surface area contributed by atoms with Crippen LogP contribution in [0.15, 0.2) is 95.6 Å². The van der Waals surface area contributed by atoms with Crippen LogP contribution in [-0.2, 0) is 11.3 Å². The van der Waals surface area contributed by atoms with Crippen molar-refractivity contribution in [1.82, 2.24) is 20.2 Å². The molecule has 8 heteroatoms. The van der Waals surface area contributed by atoms with Crippen molar-refractivity contribution in [2.45, 2.75) is 13.0 Å². The smallest absolute Gasteiger partial charge is 0.267 e. The summed E-state index contributed by atoms with van der Waals surface area (Å²) in [5, 5.41) is 6.16. The van der Waals surface area contributed by atoms with Gasteiger partial charge in [0.2, 0.25) is 0 Å². The standard InChI is InChI=1S/C26H23ClN4O3/c27-21-9-4-8-20(16-21)24-11-10-22(34-24)17-23(30-25(32)19-6-2-1-3-7-19)26(33)29-12-5-14-31-15-13-28-18-31/h1-4,6-11,13,15-18H,5,12,14H2,(H,29,33)(H,30,32)/b23-17-. The molecule has 2 aromatic heterocycles. The zero-order valence-electron chi connectivity index (χ0n) is 18.3. The molecule has 2 heterocycles. The van der Waals surface area contributed by atoms with Crippen molar-refractivity contribution < 1.29 is 14.0 Å². The van der Waals surface area contributed by atoms with Crippen LogP contribution < -0.4 is 10.6 Å². The minimum atomic E-state index is -0.407. The number of nitrogens with zero attached hydrogens (tertiary/aromatic N) is 2. The zero-order chi connectivity index (χ0) is 23.8. The summed E-state index contributed by atoms with van der Waals surface area (Å²) in [4.78, 5) is 29.6. The van der Waals surface area contributed by atoms with E-state index in [0.717, 1.165) is 12.1 Å². The highest BCUT2D eigenvalue weighted by Gasteiger charge is 2.15. The van der Waals surface area contributed by atoms with Gasteiger partial charge in [-0.3, -0.25) is 9.59 Å². The van der Waals surface area contributed by atoms with Gasteiger partial charge in [0.1, 0.15) is 17.2 Å². The molecule has 0 unspecified atom stereocenters. The van der Waals surface area contributed by atoms with Gasteiger partial charge in [-0.2, -0.15) is 0 Å². The molecule has 0 aliphatic carbocycles. The molecule has 2 N–H and O–H groups in total. The van der Waals surface area contributed by atoms with Crippen LogP contribution in [0.1, 0.15) is 22.5 Å². The fraction of sp³-hybridized carbons (Fsp3) is 0.115. The number of rotatable bonds is 9. The lowest BCUT2D eigenvalue weighted by Crippen LogP contribution is -2.35. The lowest BCUT2D eigenvalue weighted by atomic mass is 10.2. The van der Waals surface area contributed by atoms with E-state index in [1.807, 2.05) is 29.0 Å². The Kier molecular flexibility index (Phi) is 7.57. The van der Waals surface area contributed by atoms with Crippen LogP contribution in [0.2, 0.25) is 5.02 Å². The molecule has 34 heavy (non-hydrogen) atoms. The number of hydrogen-bond acceptors (Lipinski definition) is 4. The van der Waals surface area contributed by atoms with Gasteiger partial charge >= 0.3 is 0 Å². The maximum atomic E-state index is 12.9. The molecule has 172 valence electrons. The first-order chi connectivity index (χ1) is 16.6. The number of carbonyl (C=O) groups excluding carboxylic acids is 2. The van der Waals surface area contributed by atoms with Crippen LogP contribution in [0, 0.1) is 0 Å². The first-order valence-electron chi connectivity index (χ1n) is 10.8. The highest BCUT2D eigenvalue weighted by Crippen LogP contribution is 2.25. The average molecular weight is 475 g/mol. The summed E-state index contributed by atoms with van der Waals surface area (Å²) in [6.07, 6.45) is 7.52. The molecule has 4 rings (SSSR count). The number of benzene rings is 2. The number of amides is 2. The summed E-state index contributed by atoms with van der Waals surface area (Å²) in [5.74, 6) is 0.229. The predicted molar refractivity (Wildman–Crippen MR) is 131 cm³/mol. The fourth-order valence-corrected chi connectivity index (χ4v) is 3.48. The highest BCUT2D eigenvalue weighted by atomic mass is 35.5. The van der Waals surface area contributed by atoms with Crippen molar-refractivity contribution in [3.63, 3.8) is 0 Å².